The Labute approximate surface area is 134 Å². The van der Waals surface area contributed by atoms with Gasteiger partial charge in [0.15, 0.2) is 5.13 Å². The SMILES string of the molecule is Cn1cc(-c2nc(C(=O)Nc3nc4c(s3)CCC4)cs2)cn1. The fourth-order valence-electron chi connectivity index (χ4n) is 2.45. The molecule has 3 heterocycles. The van der Waals surface area contributed by atoms with Crippen molar-refractivity contribution in [1.29, 1.82) is 0 Å². The number of aromatic nitrogens is 4. The molecule has 0 bridgehead atoms. The molecule has 8 heteroatoms. The molecule has 0 unspecified atom stereocenters. The van der Waals surface area contributed by atoms with Gasteiger partial charge in [-0.15, -0.1) is 22.7 Å². The highest BCUT2D eigenvalue weighted by Gasteiger charge is 2.19. The Morgan fingerprint density at radius 2 is 2.27 bits per heavy atom. The van der Waals surface area contributed by atoms with Crippen LogP contribution in [0, 0.1) is 0 Å². The quantitative estimate of drug-likeness (QED) is 0.801. The van der Waals surface area contributed by atoms with Crippen molar-refractivity contribution in [2.75, 3.05) is 5.32 Å². The number of anilines is 1. The molecular weight excluding hydrogens is 318 g/mol. The second-order valence-corrected chi connectivity index (χ2v) is 7.08. The average molecular weight is 331 g/mol. The van der Waals surface area contributed by atoms with Crippen LogP contribution in [0.25, 0.3) is 10.6 Å². The molecule has 1 aliphatic rings. The van der Waals surface area contributed by atoms with Gasteiger partial charge in [0.05, 0.1) is 11.9 Å². The van der Waals surface area contributed by atoms with Crippen LogP contribution >= 0.6 is 22.7 Å². The van der Waals surface area contributed by atoms with Crippen LogP contribution in [-0.2, 0) is 19.9 Å². The van der Waals surface area contributed by atoms with E-state index in [2.05, 4.69) is 20.4 Å². The molecule has 1 amide bonds. The molecule has 1 N–H and O–H groups in total. The number of carbonyl (C=O) groups excluding carboxylic acids is 1. The Morgan fingerprint density at radius 1 is 1.36 bits per heavy atom. The number of nitrogens with one attached hydrogen (secondary N) is 1. The Kier molecular flexibility index (Phi) is 3.27. The minimum Gasteiger partial charge on any atom is -0.296 e. The number of carbonyl (C=O) groups is 1. The van der Waals surface area contributed by atoms with Crippen LogP contribution in [0.2, 0.25) is 0 Å². The third-order valence-electron chi connectivity index (χ3n) is 3.50. The lowest BCUT2D eigenvalue weighted by Gasteiger charge is -1.97. The predicted molar refractivity (Wildman–Crippen MR) is 86.4 cm³/mol. The molecule has 0 fully saturated rings. The fraction of sp³-hybridized carbons (Fsp3) is 0.286. The smallest absolute Gasteiger partial charge is 0.276 e. The predicted octanol–water partition coefficient (Wildman–Crippen LogP) is 2.74. The highest BCUT2D eigenvalue weighted by atomic mass is 32.1. The molecular formula is C14H13N5OS2. The standard InChI is InChI=1S/C14H13N5OS2/c1-19-6-8(5-15-19)13-16-10(7-21-13)12(20)18-14-17-9-3-2-4-11(9)22-14/h5-7H,2-4H2,1H3,(H,17,18,20). The molecule has 0 saturated heterocycles. The first-order valence-electron chi connectivity index (χ1n) is 6.93. The topological polar surface area (TPSA) is 72.7 Å². The first-order chi connectivity index (χ1) is 10.7. The first-order valence-corrected chi connectivity index (χ1v) is 8.63. The van der Waals surface area contributed by atoms with E-state index in [1.807, 2.05) is 13.2 Å². The molecule has 0 saturated carbocycles. The summed E-state index contributed by atoms with van der Waals surface area (Å²) in [5.41, 5.74) is 2.47. The number of aryl methyl sites for hydroxylation is 3. The van der Waals surface area contributed by atoms with Crippen molar-refractivity contribution in [3.8, 4) is 10.6 Å². The van der Waals surface area contributed by atoms with Crippen molar-refractivity contribution in [3.63, 3.8) is 0 Å². The largest absolute Gasteiger partial charge is 0.296 e. The zero-order valence-electron chi connectivity index (χ0n) is 11.9. The molecule has 3 aromatic heterocycles. The Hall–Kier alpha value is -2.06. The van der Waals surface area contributed by atoms with Crippen LogP contribution in [0.1, 0.15) is 27.5 Å². The Bertz CT molecular complexity index is 826. The van der Waals surface area contributed by atoms with E-state index in [-0.39, 0.29) is 5.91 Å². The van der Waals surface area contributed by atoms with Crippen molar-refractivity contribution >= 4 is 33.7 Å². The number of amides is 1. The molecule has 6 nitrogen and oxygen atoms in total. The van der Waals surface area contributed by atoms with E-state index in [9.17, 15) is 4.79 Å². The second kappa shape index (κ2) is 5.29. The van der Waals surface area contributed by atoms with Gasteiger partial charge in [-0.1, -0.05) is 0 Å². The molecule has 0 spiro atoms. The molecule has 0 radical (unpaired) electrons. The molecule has 1 aliphatic carbocycles. The molecule has 22 heavy (non-hydrogen) atoms. The summed E-state index contributed by atoms with van der Waals surface area (Å²) in [7, 11) is 1.85. The summed E-state index contributed by atoms with van der Waals surface area (Å²) in [6.07, 6.45) is 6.88. The lowest BCUT2D eigenvalue weighted by atomic mass is 10.4. The zero-order chi connectivity index (χ0) is 15.1. The highest BCUT2D eigenvalue weighted by molar-refractivity contribution is 7.16. The second-order valence-electron chi connectivity index (χ2n) is 5.14. The van der Waals surface area contributed by atoms with E-state index in [1.54, 1.807) is 27.6 Å². The van der Waals surface area contributed by atoms with Gasteiger partial charge in [0.2, 0.25) is 0 Å². The van der Waals surface area contributed by atoms with E-state index in [0.29, 0.717) is 10.8 Å². The fourth-order valence-corrected chi connectivity index (χ4v) is 4.27. The van der Waals surface area contributed by atoms with Gasteiger partial charge in [-0.05, 0) is 19.3 Å². The van der Waals surface area contributed by atoms with Crippen molar-refractivity contribution in [2.45, 2.75) is 19.3 Å². The van der Waals surface area contributed by atoms with Crippen LogP contribution in [0.5, 0.6) is 0 Å². The number of rotatable bonds is 3. The van der Waals surface area contributed by atoms with E-state index in [1.165, 1.54) is 22.6 Å². The molecule has 112 valence electrons. The third kappa shape index (κ3) is 2.44. The zero-order valence-corrected chi connectivity index (χ0v) is 13.5. The van der Waals surface area contributed by atoms with Gasteiger partial charge in [0.25, 0.3) is 5.91 Å². The maximum atomic E-state index is 12.3. The Morgan fingerprint density at radius 3 is 3.05 bits per heavy atom. The first kappa shape index (κ1) is 13.6. The van der Waals surface area contributed by atoms with Crippen molar-refractivity contribution in [2.24, 2.45) is 7.05 Å². The van der Waals surface area contributed by atoms with Crippen LogP contribution in [0.4, 0.5) is 5.13 Å². The van der Waals surface area contributed by atoms with E-state index in [4.69, 9.17) is 0 Å². The van der Waals surface area contributed by atoms with E-state index in [0.717, 1.165) is 29.1 Å². The summed E-state index contributed by atoms with van der Waals surface area (Å²) >= 11 is 3.01. The summed E-state index contributed by atoms with van der Waals surface area (Å²) in [6.45, 7) is 0. The van der Waals surface area contributed by atoms with Gasteiger partial charge in [0.1, 0.15) is 10.7 Å². The number of hydrogen-bond acceptors (Lipinski definition) is 6. The van der Waals surface area contributed by atoms with Crippen molar-refractivity contribution < 1.29 is 4.79 Å². The third-order valence-corrected chi connectivity index (χ3v) is 5.47. The van der Waals surface area contributed by atoms with Crippen LogP contribution in [-0.4, -0.2) is 25.7 Å². The number of thiazole rings is 2. The van der Waals surface area contributed by atoms with Gasteiger partial charge in [-0.3, -0.25) is 14.8 Å². The molecule has 3 aromatic rings. The van der Waals surface area contributed by atoms with Crippen molar-refractivity contribution in [3.05, 3.63) is 34.0 Å². The molecule has 0 aromatic carbocycles. The summed E-state index contributed by atoms with van der Waals surface area (Å²) in [6, 6.07) is 0. The maximum Gasteiger partial charge on any atom is 0.276 e. The molecule has 0 aliphatic heterocycles. The van der Waals surface area contributed by atoms with Gasteiger partial charge >= 0.3 is 0 Å². The maximum absolute atomic E-state index is 12.3. The average Bonchev–Trinajstić information content (AvgIpc) is 3.19. The lowest BCUT2D eigenvalue weighted by molar-refractivity contribution is 0.102. The number of hydrogen-bond donors (Lipinski definition) is 1. The van der Waals surface area contributed by atoms with Gasteiger partial charge in [-0.25, -0.2) is 9.97 Å². The summed E-state index contributed by atoms with van der Waals surface area (Å²) in [5.74, 6) is -0.209. The number of nitrogens with zero attached hydrogens (tertiary/aromatic N) is 4. The van der Waals surface area contributed by atoms with Crippen LogP contribution < -0.4 is 5.32 Å². The normalized spacial score (nSPS) is 13.3. The molecule has 4 rings (SSSR count). The Balaban J connectivity index is 1.51. The highest BCUT2D eigenvalue weighted by Crippen LogP contribution is 2.31. The summed E-state index contributed by atoms with van der Waals surface area (Å²) in [4.78, 5) is 22.4. The lowest BCUT2D eigenvalue weighted by Crippen LogP contribution is -2.12. The summed E-state index contributed by atoms with van der Waals surface area (Å²) in [5, 5.41) is 10.2. The monoisotopic (exact) mass is 331 g/mol. The minimum atomic E-state index is -0.209. The van der Waals surface area contributed by atoms with Crippen molar-refractivity contribution in [1.82, 2.24) is 19.7 Å². The number of fused-ring (bicyclic) bond motifs is 1. The van der Waals surface area contributed by atoms with Gasteiger partial charge < -0.3 is 0 Å². The van der Waals surface area contributed by atoms with Gasteiger partial charge in [-0.2, -0.15) is 5.10 Å². The summed E-state index contributed by atoms with van der Waals surface area (Å²) < 4.78 is 1.72. The minimum absolute atomic E-state index is 0.209. The van der Waals surface area contributed by atoms with Crippen LogP contribution in [0.15, 0.2) is 17.8 Å². The molecule has 0 atom stereocenters. The van der Waals surface area contributed by atoms with Gasteiger partial charge in [0, 0.05) is 29.1 Å². The van der Waals surface area contributed by atoms with E-state index < -0.39 is 0 Å². The van der Waals surface area contributed by atoms with Crippen LogP contribution in [0.3, 0.4) is 0 Å². The van der Waals surface area contributed by atoms with E-state index >= 15 is 0 Å².